The molecule has 0 spiro atoms. The molecule has 4 rings (SSSR count). The van der Waals surface area contributed by atoms with Crippen LogP contribution in [0, 0.1) is 0 Å². The molecule has 0 unspecified atom stereocenters. The van der Waals surface area contributed by atoms with Crippen molar-refractivity contribution in [1.29, 1.82) is 0 Å². The summed E-state index contributed by atoms with van der Waals surface area (Å²) in [5.41, 5.74) is 2.02. The van der Waals surface area contributed by atoms with E-state index in [1.54, 1.807) is 18.0 Å². The second kappa shape index (κ2) is 8.58. The van der Waals surface area contributed by atoms with E-state index in [0.717, 1.165) is 24.3 Å². The largest absolute Gasteiger partial charge is 0.479 e. The van der Waals surface area contributed by atoms with Crippen molar-refractivity contribution in [2.75, 3.05) is 25.6 Å². The summed E-state index contributed by atoms with van der Waals surface area (Å²) in [7, 11) is 3.54. The van der Waals surface area contributed by atoms with Gasteiger partial charge in [-0.3, -0.25) is 0 Å². The van der Waals surface area contributed by atoms with E-state index in [-0.39, 0.29) is 12.1 Å². The van der Waals surface area contributed by atoms with Crippen LogP contribution < -0.4 is 9.64 Å². The second-order valence-electron chi connectivity index (χ2n) is 7.57. The number of anilines is 1. The number of hydrogen-bond acceptors (Lipinski definition) is 7. The number of likely N-dealkylation sites (tertiary alicyclic amines) is 1. The topological polar surface area (TPSA) is 110 Å². The number of nitrogens with zero attached hydrogens (tertiary/aromatic N) is 7. The Morgan fingerprint density at radius 1 is 1.23 bits per heavy atom. The number of carboxylic acid groups (broad SMARTS) is 1. The fourth-order valence-electron chi connectivity index (χ4n) is 3.93. The molecular formula is C21H25N7O3. The molecule has 1 aliphatic heterocycles. The number of aromatic nitrogens is 5. The van der Waals surface area contributed by atoms with Crippen LogP contribution in [0.2, 0.25) is 0 Å². The van der Waals surface area contributed by atoms with Crippen LogP contribution in [-0.2, 0) is 0 Å². The van der Waals surface area contributed by atoms with E-state index in [1.165, 1.54) is 4.90 Å². The van der Waals surface area contributed by atoms with Crippen LogP contribution in [0.15, 0.2) is 42.7 Å². The van der Waals surface area contributed by atoms with Gasteiger partial charge in [-0.1, -0.05) is 0 Å². The van der Waals surface area contributed by atoms with E-state index in [9.17, 15) is 9.90 Å². The third-order valence-corrected chi connectivity index (χ3v) is 5.70. The lowest BCUT2D eigenvalue weighted by Gasteiger charge is -2.40. The minimum atomic E-state index is -0.862. The van der Waals surface area contributed by atoms with Crippen LogP contribution in [0.3, 0.4) is 0 Å². The van der Waals surface area contributed by atoms with Crippen molar-refractivity contribution in [2.45, 2.75) is 31.8 Å². The highest BCUT2D eigenvalue weighted by Gasteiger charge is 2.31. The van der Waals surface area contributed by atoms with E-state index in [2.05, 4.69) is 25.2 Å². The zero-order valence-corrected chi connectivity index (χ0v) is 17.7. The molecule has 0 saturated carbocycles. The zero-order chi connectivity index (χ0) is 22.0. The Kier molecular flexibility index (Phi) is 5.70. The molecule has 3 aromatic rings. The number of carbonyl (C=O) groups is 1. The molecule has 4 heterocycles. The number of methoxy groups -OCH3 is 1. The van der Waals surface area contributed by atoms with Crippen molar-refractivity contribution >= 4 is 11.9 Å². The average Bonchev–Trinajstić information content (AvgIpc) is 3.32. The molecule has 3 aromatic heterocycles. The zero-order valence-electron chi connectivity index (χ0n) is 17.7. The van der Waals surface area contributed by atoms with Crippen molar-refractivity contribution < 1.29 is 14.6 Å². The Morgan fingerprint density at radius 2 is 2.03 bits per heavy atom. The van der Waals surface area contributed by atoms with E-state index in [4.69, 9.17) is 4.74 Å². The van der Waals surface area contributed by atoms with Crippen LogP contribution >= 0.6 is 0 Å². The van der Waals surface area contributed by atoms with E-state index >= 15 is 0 Å². The molecule has 0 bridgehead atoms. The van der Waals surface area contributed by atoms with Gasteiger partial charge in [-0.25, -0.2) is 14.5 Å². The van der Waals surface area contributed by atoms with Gasteiger partial charge in [0.05, 0.1) is 12.8 Å². The number of ether oxygens (including phenoxy) is 1. The smallest absolute Gasteiger partial charge is 0.407 e. The van der Waals surface area contributed by atoms with Crippen LogP contribution in [0.4, 0.5) is 10.6 Å². The van der Waals surface area contributed by atoms with Gasteiger partial charge in [0.2, 0.25) is 5.88 Å². The summed E-state index contributed by atoms with van der Waals surface area (Å²) in [5.74, 6) is 1.19. The minimum absolute atomic E-state index is 0.0316. The van der Waals surface area contributed by atoms with E-state index < -0.39 is 6.09 Å². The van der Waals surface area contributed by atoms with Gasteiger partial charge in [-0.05, 0) is 50.1 Å². The van der Waals surface area contributed by atoms with Crippen LogP contribution in [0.5, 0.6) is 5.88 Å². The lowest BCUT2D eigenvalue weighted by molar-refractivity contribution is 0.107. The molecule has 1 N–H and O–H groups in total. The van der Waals surface area contributed by atoms with Crippen molar-refractivity contribution in [1.82, 2.24) is 29.9 Å². The summed E-state index contributed by atoms with van der Waals surface area (Å²) >= 11 is 0. The van der Waals surface area contributed by atoms with E-state index in [1.807, 2.05) is 50.5 Å². The molecule has 10 nitrogen and oxygen atoms in total. The number of pyridine rings is 1. The minimum Gasteiger partial charge on any atom is -0.479 e. The van der Waals surface area contributed by atoms with Gasteiger partial charge in [-0.2, -0.15) is 5.10 Å². The molecule has 0 radical (unpaired) electrons. The maximum absolute atomic E-state index is 11.3. The number of hydrogen-bond donors (Lipinski definition) is 1. The molecule has 162 valence electrons. The highest BCUT2D eigenvalue weighted by atomic mass is 16.5. The van der Waals surface area contributed by atoms with Crippen LogP contribution in [-0.4, -0.2) is 73.8 Å². The number of amides is 1. The highest BCUT2D eigenvalue weighted by Crippen LogP contribution is 2.27. The van der Waals surface area contributed by atoms with Gasteiger partial charge in [-0.15, -0.1) is 10.2 Å². The molecule has 1 aliphatic rings. The van der Waals surface area contributed by atoms with Gasteiger partial charge in [0, 0.05) is 38.1 Å². The second-order valence-corrected chi connectivity index (χ2v) is 7.57. The van der Waals surface area contributed by atoms with Gasteiger partial charge in [0.15, 0.2) is 5.82 Å². The molecule has 1 saturated heterocycles. The summed E-state index contributed by atoms with van der Waals surface area (Å²) in [4.78, 5) is 19.4. The molecule has 2 atom stereocenters. The van der Waals surface area contributed by atoms with Crippen molar-refractivity contribution in [3.8, 4) is 23.0 Å². The fourth-order valence-corrected chi connectivity index (χ4v) is 3.93. The Balaban J connectivity index is 1.50. The lowest BCUT2D eigenvalue weighted by Crippen LogP contribution is -2.50. The normalized spacial score (nSPS) is 18.6. The molecule has 31 heavy (non-hydrogen) atoms. The summed E-state index contributed by atoms with van der Waals surface area (Å²) in [5, 5.41) is 22.2. The molecule has 1 amide bonds. The maximum atomic E-state index is 11.3. The van der Waals surface area contributed by atoms with Crippen molar-refractivity contribution in [3.05, 3.63) is 42.7 Å². The lowest BCUT2D eigenvalue weighted by atomic mass is 9.97. The summed E-state index contributed by atoms with van der Waals surface area (Å²) < 4.78 is 7.12. The Bertz CT molecular complexity index is 1040. The van der Waals surface area contributed by atoms with E-state index in [0.29, 0.717) is 23.8 Å². The summed E-state index contributed by atoms with van der Waals surface area (Å²) in [6, 6.07) is 9.54. The third-order valence-electron chi connectivity index (χ3n) is 5.70. The average molecular weight is 423 g/mol. The first-order valence-electron chi connectivity index (χ1n) is 10.1. The number of piperidine rings is 1. The summed E-state index contributed by atoms with van der Waals surface area (Å²) in [6.45, 7) is 2.46. The summed E-state index contributed by atoms with van der Waals surface area (Å²) in [6.07, 6.45) is 4.16. The first-order chi connectivity index (χ1) is 15.0. The monoisotopic (exact) mass is 423 g/mol. The predicted octanol–water partition coefficient (Wildman–Crippen LogP) is 2.70. The SMILES string of the molecule is COc1nc(-c2ccc(N(C)[C@H]3CCN(C(=O)O)[C@@H](C)C3)nn2)ccc1-n1cccn1. The molecule has 0 aromatic carbocycles. The molecule has 10 heteroatoms. The molecular weight excluding hydrogens is 398 g/mol. The Morgan fingerprint density at radius 3 is 2.65 bits per heavy atom. The molecule has 1 fully saturated rings. The first-order valence-corrected chi connectivity index (χ1v) is 10.1. The third kappa shape index (κ3) is 4.14. The molecule has 0 aliphatic carbocycles. The number of rotatable bonds is 5. The van der Waals surface area contributed by atoms with Crippen molar-refractivity contribution in [3.63, 3.8) is 0 Å². The predicted molar refractivity (Wildman–Crippen MR) is 115 cm³/mol. The van der Waals surface area contributed by atoms with Gasteiger partial charge in [0.25, 0.3) is 0 Å². The van der Waals surface area contributed by atoms with Gasteiger partial charge >= 0.3 is 6.09 Å². The van der Waals surface area contributed by atoms with Crippen LogP contribution in [0.25, 0.3) is 17.1 Å². The Hall–Kier alpha value is -3.69. The van der Waals surface area contributed by atoms with Crippen LogP contribution in [0.1, 0.15) is 19.8 Å². The highest BCUT2D eigenvalue weighted by molar-refractivity contribution is 5.65. The fraction of sp³-hybridized carbons (Fsp3) is 0.381. The quantitative estimate of drug-likeness (QED) is 0.667. The first kappa shape index (κ1) is 20.6. The standard InChI is InChI=1S/C21H25N7O3/c1-14-13-15(9-12-27(14)21(29)30)26(2)19-8-6-17(24-25-19)16-5-7-18(20(23-16)31-3)28-11-4-10-22-28/h4-8,10-11,14-15H,9,12-13H2,1-3H3,(H,29,30)/t14-,15-/m0/s1. The van der Waals surface area contributed by atoms with Gasteiger partial charge in [0.1, 0.15) is 11.4 Å². The maximum Gasteiger partial charge on any atom is 0.407 e. The van der Waals surface area contributed by atoms with Crippen molar-refractivity contribution in [2.24, 2.45) is 0 Å². The van der Waals surface area contributed by atoms with Gasteiger partial charge < -0.3 is 19.6 Å². The Labute approximate surface area is 180 Å².